The van der Waals surface area contributed by atoms with E-state index in [1.165, 1.54) is 54.8 Å². The minimum atomic E-state index is 0.883. The molecule has 57 heavy (non-hydrogen) atoms. The van der Waals surface area contributed by atoms with Gasteiger partial charge in [-0.3, -0.25) is 0 Å². The molecular formula is C54H34N2O. The summed E-state index contributed by atoms with van der Waals surface area (Å²) in [5.74, 6) is 0. The second-order valence-corrected chi connectivity index (χ2v) is 14.9. The number of benzene rings is 9. The lowest BCUT2D eigenvalue weighted by molar-refractivity contribution is 0.670. The van der Waals surface area contributed by atoms with Gasteiger partial charge >= 0.3 is 0 Å². The average Bonchev–Trinajstić information content (AvgIpc) is 3.95. The van der Waals surface area contributed by atoms with Crippen LogP contribution in [-0.2, 0) is 0 Å². The van der Waals surface area contributed by atoms with E-state index in [1.807, 2.05) is 0 Å². The molecule has 12 aromatic rings. The summed E-state index contributed by atoms with van der Waals surface area (Å²) in [6, 6.07) is 74.3. The highest BCUT2D eigenvalue weighted by Gasteiger charge is 2.21. The van der Waals surface area contributed by atoms with Gasteiger partial charge in [0.1, 0.15) is 11.2 Å². The Hall–Kier alpha value is -7.62. The zero-order chi connectivity index (χ0) is 37.5. The molecule has 0 saturated heterocycles. The van der Waals surface area contributed by atoms with Crippen LogP contribution in [0.25, 0.3) is 110 Å². The van der Waals surface area contributed by atoms with E-state index in [4.69, 9.17) is 4.42 Å². The minimum Gasteiger partial charge on any atom is -0.455 e. The maximum atomic E-state index is 6.78. The summed E-state index contributed by atoms with van der Waals surface area (Å²) in [7, 11) is 0. The molecule has 3 heteroatoms. The molecular weight excluding hydrogens is 693 g/mol. The number of hydrogen-bond donors (Lipinski definition) is 0. The first-order valence-electron chi connectivity index (χ1n) is 19.5. The summed E-state index contributed by atoms with van der Waals surface area (Å²) in [5.41, 5.74) is 15.8. The Morgan fingerprint density at radius 2 is 0.860 bits per heavy atom. The van der Waals surface area contributed by atoms with Crippen molar-refractivity contribution >= 4 is 65.6 Å². The molecule has 3 nitrogen and oxygen atoms in total. The van der Waals surface area contributed by atoms with E-state index in [2.05, 4.69) is 215 Å². The fraction of sp³-hybridized carbons (Fsp3) is 0. The van der Waals surface area contributed by atoms with Crippen LogP contribution >= 0.6 is 0 Å². The predicted molar refractivity (Wildman–Crippen MR) is 239 cm³/mol. The fourth-order valence-corrected chi connectivity index (χ4v) is 9.11. The van der Waals surface area contributed by atoms with Gasteiger partial charge in [-0.1, -0.05) is 146 Å². The summed E-state index contributed by atoms with van der Waals surface area (Å²) in [5, 5.41) is 7.16. The molecule has 0 bridgehead atoms. The number of rotatable bonds is 5. The van der Waals surface area contributed by atoms with Gasteiger partial charge in [-0.25, -0.2) is 0 Å². The van der Waals surface area contributed by atoms with Gasteiger partial charge in [0.2, 0.25) is 0 Å². The third-order valence-electron chi connectivity index (χ3n) is 11.7. The van der Waals surface area contributed by atoms with Crippen LogP contribution in [0.1, 0.15) is 0 Å². The van der Waals surface area contributed by atoms with Gasteiger partial charge < -0.3 is 13.6 Å². The van der Waals surface area contributed by atoms with Crippen molar-refractivity contribution in [2.75, 3.05) is 0 Å². The Morgan fingerprint density at radius 3 is 1.65 bits per heavy atom. The van der Waals surface area contributed by atoms with E-state index < -0.39 is 0 Å². The standard InChI is InChI=1S/C54H34N2O/c1-3-13-35(14-4-1)36-23-25-37(26-24-36)41-30-32-50(53-45-19-9-12-22-52(45)57-54(41)53)56-48-21-11-8-18-43(48)46-33-38(28-31-49(46)56)39-27-29-44-42-17-7-10-20-47(42)55(51(44)34-39)40-15-5-2-6-16-40/h1-34H. The first-order valence-corrected chi connectivity index (χ1v) is 19.5. The van der Waals surface area contributed by atoms with E-state index in [1.54, 1.807) is 0 Å². The normalized spacial score (nSPS) is 11.9. The molecule has 266 valence electrons. The van der Waals surface area contributed by atoms with Crippen molar-refractivity contribution in [1.29, 1.82) is 0 Å². The van der Waals surface area contributed by atoms with Crippen molar-refractivity contribution in [3.8, 4) is 44.8 Å². The smallest absolute Gasteiger partial charge is 0.145 e. The largest absolute Gasteiger partial charge is 0.455 e. The highest BCUT2D eigenvalue weighted by atomic mass is 16.3. The van der Waals surface area contributed by atoms with Crippen LogP contribution in [0.15, 0.2) is 211 Å². The summed E-state index contributed by atoms with van der Waals surface area (Å²) < 4.78 is 11.6. The molecule has 12 rings (SSSR count). The first-order chi connectivity index (χ1) is 28.3. The van der Waals surface area contributed by atoms with Gasteiger partial charge in [0.25, 0.3) is 0 Å². The fourth-order valence-electron chi connectivity index (χ4n) is 9.11. The van der Waals surface area contributed by atoms with Crippen LogP contribution in [0.4, 0.5) is 0 Å². The van der Waals surface area contributed by atoms with Crippen molar-refractivity contribution in [3.05, 3.63) is 206 Å². The molecule has 0 saturated carbocycles. The molecule has 0 aliphatic heterocycles. The van der Waals surface area contributed by atoms with Crippen molar-refractivity contribution in [2.45, 2.75) is 0 Å². The number of nitrogens with zero attached hydrogens (tertiary/aromatic N) is 2. The average molecular weight is 727 g/mol. The second kappa shape index (κ2) is 12.5. The SMILES string of the molecule is c1ccc(-c2ccc(-c3ccc(-n4c5ccccc5c5cc(-c6ccc7c8ccccc8n(-c8ccccc8)c7c6)ccc54)c4c3oc3ccccc34)cc2)cc1. The van der Waals surface area contributed by atoms with Crippen LogP contribution in [-0.4, -0.2) is 9.13 Å². The van der Waals surface area contributed by atoms with Crippen LogP contribution < -0.4 is 0 Å². The number of aromatic nitrogens is 2. The topological polar surface area (TPSA) is 23.0 Å². The molecule has 0 spiro atoms. The summed E-state index contributed by atoms with van der Waals surface area (Å²) in [6.07, 6.45) is 0. The molecule has 0 fully saturated rings. The van der Waals surface area contributed by atoms with Gasteiger partial charge in [-0.15, -0.1) is 0 Å². The van der Waals surface area contributed by atoms with Crippen molar-refractivity contribution in [2.24, 2.45) is 0 Å². The Labute approximate surface area is 328 Å². The van der Waals surface area contributed by atoms with Gasteiger partial charge in [-0.05, 0) is 88.5 Å². The molecule has 3 heterocycles. The Bertz CT molecular complexity index is 3490. The summed E-state index contributed by atoms with van der Waals surface area (Å²) >= 11 is 0. The lowest BCUT2D eigenvalue weighted by atomic mass is 9.98. The lowest BCUT2D eigenvalue weighted by Crippen LogP contribution is -1.96. The van der Waals surface area contributed by atoms with E-state index in [0.29, 0.717) is 0 Å². The van der Waals surface area contributed by atoms with Crippen LogP contribution in [0.3, 0.4) is 0 Å². The maximum absolute atomic E-state index is 6.78. The molecule has 0 radical (unpaired) electrons. The summed E-state index contributed by atoms with van der Waals surface area (Å²) in [6.45, 7) is 0. The Kier molecular flexibility index (Phi) is 6.93. The van der Waals surface area contributed by atoms with Crippen molar-refractivity contribution in [1.82, 2.24) is 9.13 Å². The number of hydrogen-bond acceptors (Lipinski definition) is 1. The minimum absolute atomic E-state index is 0.883. The Balaban J connectivity index is 1.05. The van der Waals surface area contributed by atoms with Gasteiger partial charge in [-0.2, -0.15) is 0 Å². The molecule has 9 aromatic carbocycles. The van der Waals surface area contributed by atoms with E-state index in [9.17, 15) is 0 Å². The molecule has 0 atom stereocenters. The van der Waals surface area contributed by atoms with Gasteiger partial charge in [0.15, 0.2) is 0 Å². The van der Waals surface area contributed by atoms with E-state index >= 15 is 0 Å². The highest BCUT2D eigenvalue weighted by molar-refractivity contribution is 6.17. The third kappa shape index (κ3) is 4.86. The predicted octanol–water partition coefficient (Wildman–Crippen LogP) is 14.8. The van der Waals surface area contributed by atoms with E-state index in [0.717, 1.165) is 55.5 Å². The van der Waals surface area contributed by atoms with Crippen molar-refractivity contribution < 1.29 is 4.42 Å². The Morgan fingerprint density at radius 1 is 0.316 bits per heavy atom. The zero-order valence-corrected chi connectivity index (χ0v) is 30.9. The number of furan rings is 1. The molecule has 3 aromatic heterocycles. The number of fused-ring (bicyclic) bond motifs is 9. The number of para-hydroxylation sites is 4. The molecule has 0 N–H and O–H groups in total. The van der Waals surface area contributed by atoms with Gasteiger partial charge in [0.05, 0.1) is 33.1 Å². The van der Waals surface area contributed by atoms with Crippen molar-refractivity contribution in [3.63, 3.8) is 0 Å². The first kappa shape index (κ1) is 31.7. The molecule has 0 unspecified atom stereocenters. The third-order valence-corrected chi connectivity index (χ3v) is 11.7. The summed E-state index contributed by atoms with van der Waals surface area (Å²) in [4.78, 5) is 0. The second-order valence-electron chi connectivity index (χ2n) is 14.9. The quantitative estimate of drug-likeness (QED) is 0.173. The molecule has 0 aliphatic carbocycles. The monoisotopic (exact) mass is 726 g/mol. The van der Waals surface area contributed by atoms with Gasteiger partial charge in [0, 0.05) is 38.2 Å². The molecule has 0 aliphatic rings. The van der Waals surface area contributed by atoms with Crippen LogP contribution in [0.5, 0.6) is 0 Å². The maximum Gasteiger partial charge on any atom is 0.145 e. The zero-order valence-electron chi connectivity index (χ0n) is 30.9. The van der Waals surface area contributed by atoms with E-state index in [-0.39, 0.29) is 0 Å². The highest BCUT2D eigenvalue weighted by Crippen LogP contribution is 2.44. The van der Waals surface area contributed by atoms with Crippen LogP contribution in [0.2, 0.25) is 0 Å². The molecule has 0 amide bonds. The lowest BCUT2D eigenvalue weighted by Gasteiger charge is -2.13. The van der Waals surface area contributed by atoms with Crippen LogP contribution in [0, 0.1) is 0 Å².